The van der Waals surface area contributed by atoms with Crippen LogP contribution in [0.4, 0.5) is 0 Å². The van der Waals surface area contributed by atoms with Gasteiger partial charge in [-0.1, -0.05) is 0 Å². The molecule has 2 aliphatic rings. The Hall–Kier alpha value is -0.450. The van der Waals surface area contributed by atoms with Gasteiger partial charge in [-0.2, -0.15) is 0 Å². The van der Waals surface area contributed by atoms with Gasteiger partial charge in [0.25, 0.3) is 0 Å². The minimum Gasteiger partial charge on any atom is -0.381 e. The zero-order chi connectivity index (χ0) is 10.8. The monoisotopic (exact) mass is 238 g/mol. The molecule has 1 saturated heterocycles. The molecule has 1 saturated carbocycles. The van der Waals surface area contributed by atoms with E-state index in [1.807, 2.05) is 17.5 Å². The third-order valence-corrected chi connectivity index (χ3v) is 4.38. The highest BCUT2D eigenvalue weighted by Gasteiger charge is 2.22. The Kier molecular flexibility index (Phi) is 3.22. The van der Waals surface area contributed by atoms with Gasteiger partial charge in [-0.05, 0) is 25.7 Å². The van der Waals surface area contributed by atoms with Gasteiger partial charge in [-0.25, -0.2) is 4.98 Å². The molecule has 0 aromatic carbocycles. The van der Waals surface area contributed by atoms with Crippen LogP contribution in [0.3, 0.4) is 0 Å². The van der Waals surface area contributed by atoms with Gasteiger partial charge in [0.15, 0.2) is 0 Å². The van der Waals surface area contributed by atoms with Crippen molar-refractivity contribution in [3.05, 3.63) is 16.1 Å². The van der Waals surface area contributed by atoms with Crippen molar-refractivity contribution in [1.29, 1.82) is 0 Å². The average molecular weight is 238 g/mol. The normalized spacial score (nSPS) is 25.9. The summed E-state index contributed by atoms with van der Waals surface area (Å²) in [7, 11) is 0. The van der Waals surface area contributed by atoms with E-state index in [1.54, 1.807) is 0 Å². The van der Waals surface area contributed by atoms with Crippen LogP contribution in [-0.4, -0.2) is 24.2 Å². The summed E-state index contributed by atoms with van der Waals surface area (Å²) in [6, 6.07) is 0.781. The van der Waals surface area contributed by atoms with Crippen molar-refractivity contribution in [2.75, 3.05) is 13.2 Å². The minimum atomic E-state index is 0.549. The lowest BCUT2D eigenvalue weighted by Crippen LogP contribution is -2.15. The highest BCUT2D eigenvalue weighted by molar-refractivity contribution is 7.11. The predicted octanol–water partition coefficient (Wildman–Crippen LogP) is 2.29. The lowest BCUT2D eigenvalue weighted by atomic mass is 10.0. The molecule has 16 heavy (non-hydrogen) atoms. The maximum absolute atomic E-state index is 5.50. The van der Waals surface area contributed by atoms with Crippen molar-refractivity contribution >= 4 is 11.3 Å². The zero-order valence-electron chi connectivity index (χ0n) is 9.45. The molecule has 0 bridgehead atoms. The summed E-state index contributed by atoms with van der Waals surface area (Å²) in [6.07, 6.45) is 7.15. The van der Waals surface area contributed by atoms with Gasteiger partial charge in [0.05, 0.1) is 11.6 Å². The Morgan fingerprint density at radius 3 is 3.12 bits per heavy atom. The van der Waals surface area contributed by atoms with Crippen molar-refractivity contribution in [2.24, 2.45) is 0 Å². The number of hydrogen-bond acceptors (Lipinski definition) is 4. The fourth-order valence-corrected chi connectivity index (χ4v) is 3.05. The van der Waals surface area contributed by atoms with Gasteiger partial charge in [0.1, 0.15) is 0 Å². The number of nitrogens with one attached hydrogen (secondary N) is 1. The minimum absolute atomic E-state index is 0.549. The average Bonchev–Trinajstić information content (AvgIpc) is 3.05. The largest absolute Gasteiger partial charge is 0.381 e. The molecule has 1 aromatic heterocycles. The standard InChI is InChI=1S/C12H18N2OS/c1-2-9(8-15-5-1)12-14-7-11(16-12)6-13-10-3-4-10/h7,9-10,13H,1-6,8H2. The lowest BCUT2D eigenvalue weighted by molar-refractivity contribution is 0.0804. The SMILES string of the molecule is c1nc(C2CCCOC2)sc1CNC1CC1. The van der Waals surface area contributed by atoms with Crippen LogP contribution < -0.4 is 5.32 Å². The maximum atomic E-state index is 5.50. The van der Waals surface area contributed by atoms with Crippen LogP contribution in [0.25, 0.3) is 0 Å². The molecule has 1 aromatic rings. The highest BCUT2D eigenvalue weighted by Crippen LogP contribution is 2.29. The smallest absolute Gasteiger partial charge is 0.0982 e. The summed E-state index contributed by atoms with van der Waals surface area (Å²) in [6.45, 7) is 2.79. The number of ether oxygens (including phenoxy) is 1. The Balaban J connectivity index is 1.57. The number of aromatic nitrogens is 1. The summed E-state index contributed by atoms with van der Waals surface area (Å²) in [5.74, 6) is 0.549. The van der Waals surface area contributed by atoms with E-state index in [0.29, 0.717) is 5.92 Å². The number of rotatable bonds is 4. The van der Waals surface area contributed by atoms with Crippen molar-refractivity contribution in [1.82, 2.24) is 10.3 Å². The molecule has 0 amide bonds. The molecular weight excluding hydrogens is 220 g/mol. The molecule has 2 heterocycles. The third kappa shape index (κ3) is 2.62. The van der Waals surface area contributed by atoms with E-state index in [-0.39, 0.29) is 0 Å². The summed E-state index contributed by atoms with van der Waals surface area (Å²) in [5.41, 5.74) is 0. The van der Waals surface area contributed by atoms with Gasteiger partial charge < -0.3 is 10.1 Å². The first-order chi connectivity index (χ1) is 7.92. The molecule has 1 N–H and O–H groups in total. The molecule has 0 spiro atoms. The van der Waals surface area contributed by atoms with Crippen LogP contribution in [0, 0.1) is 0 Å². The van der Waals surface area contributed by atoms with Crippen LogP contribution in [0.5, 0.6) is 0 Å². The number of nitrogens with zero attached hydrogens (tertiary/aromatic N) is 1. The Labute approximate surface area is 100 Å². The van der Waals surface area contributed by atoms with E-state index in [9.17, 15) is 0 Å². The first-order valence-corrected chi connectivity index (χ1v) is 6.99. The van der Waals surface area contributed by atoms with E-state index >= 15 is 0 Å². The van der Waals surface area contributed by atoms with Crippen molar-refractivity contribution < 1.29 is 4.74 Å². The van der Waals surface area contributed by atoms with Crippen molar-refractivity contribution in [3.8, 4) is 0 Å². The molecule has 0 radical (unpaired) electrons. The van der Waals surface area contributed by atoms with Gasteiger partial charge in [0, 0.05) is 36.2 Å². The Morgan fingerprint density at radius 2 is 2.38 bits per heavy atom. The molecule has 1 aliphatic heterocycles. The topological polar surface area (TPSA) is 34.1 Å². The van der Waals surface area contributed by atoms with Gasteiger partial charge in [-0.3, -0.25) is 0 Å². The van der Waals surface area contributed by atoms with E-state index in [2.05, 4.69) is 10.3 Å². The zero-order valence-corrected chi connectivity index (χ0v) is 10.3. The molecule has 3 nitrogen and oxygen atoms in total. The Bertz CT molecular complexity index is 343. The summed E-state index contributed by atoms with van der Waals surface area (Å²) < 4.78 is 5.50. The molecular formula is C12H18N2OS. The van der Waals surface area contributed by atoms with Gasteiger partial charge in [0.2, 0.25) is 0 Å². The predicted molar refractivity (Wildman–Crippen MR) is 64.8 cm³/mol. The summed E-state index contributed by atoms with van der Waals surface area (Å²) in [4.78, 5) is 5.90. The second-order valence-electron chi connectivity index (χ2n) is 4.73. The van der Waals surface area contributed by atoms with Gasteiger partial charge >= 0.3 is 0 Å². The van der Waals surface area contributed by atoms with Crippen LogP contribution in [0.1, 0.15) is 41.5 Å². The quantitative estimate of drug-likeness (QED) is 0.874. The molecule has 3 rings (SSSR count). The number of thiazole rings is 1. The second kappa shape index (κ2) is 4.82. The molecule has 1 unspecified atom stereocenters. The van der Waals surface area contributed by atoms with E-state index in [0.717, 1.165) is 25.8 Å². The van der Waals surface area contributed by atoms with Crippen molar-refractivity contribution in [2.45, 2.75) is 44.2 Å². The first kappa shape index (κ1) is 10.7. The van der Waals surface area contributed by atoms with Crippen LogP contribution >= 0.6 is 11.3 Å². The fraction of sp³-hybridized carbons (Fsp3) is 0.750. The molecule has 1 atom stereocenters. The van der Waals surface area contributed by atoms with Crippen LogP contribution in [0.15, 0.2) is 6.20 Å². The van der Waals surface area contributed by atoms with Gasteiger partial charge in [-0.15, -0.1) is 11.3 Å². The molecule has 2 fully saturated rings. The van der Waals surface area contributed by atoms with E-state index < -0.39 is 0 Å². The van der Waals surface area contributed by atoms with E-state index in [4.69, 9.17) is 4.74 Å². The van der Waals surface area contributed by atoms with Crippen LogP contribution in [0.2, 0.25) is 0 Å². The molecule has 1 aliphatic carbocycles. The summed E-state index contributed by atoms with van der Waals surface area (Å²) in [5, 5.41) is 4.80. The molecule has 4 heteroatoms. The fourth-order valence-electron chi connectivity index (χ4n) is 2.06. The molecule has 88 valence electrons. The third-order valence-electron chi connectivity index (χ3n) is 3.22. The van der Waals surface area contributed by atoms with Crippen LogP contribution in [-0.2, 0) is 11.3 Å². The second-order valence-corrected chi connectivity index (χ2v) is 5.88. The van der Waals surface area contributed by atoms with E-state index in [1.165, 1.54) is 35.6 Å². The number of hydrogen-bond donors (Lipinski definition) is 1. The highest BCUT2D eigenvalue weighted by atomic mass is 32.1. The Morgan fingerprint density at radius 1 is 1.44 bits per heavy atom. The summed E-state index contributed by atoms with van der Waals surface area (Å²) >= 11 is 1.86. The lowest BCUT2D eigenvalue weighted by Gasteiger charge is -2.19. The maximum Gasteiger partial charge on any atom is 0.0982 e. The van der Waals surface area contributed by atoms with Crippen molar-refractivity contribution in [3.63, 3.8) is 0 Å². The first-order valence-electron chi connectivity index (χ1n) is 6.17.